The number of hydrogen-bond donors (Lipinski definition) is 1. The SMILES string of the molecule is CC(CN1CCCC1)NCc1ccccc1OC(F)(F)F. The molecule has 1 N–H and O–H groups in total. The molecule has 6 heteroatoms. The van der Waals surface area contributed by atoms with Crippen LogP contribution in [0.5, 0.6) is 5.75 Å². The van der Waals surface area contributed by atoms with Gasteiger partial charge < -0.3 is 15.0 Å². The molecule has 1 unspecified atom stereocenters. The highest BCUT2D eigenvalue weighted by molar-refractivity contribution is 5.33. The van der Waals surface area contributed by atoms with E-state index in [9.17, 15) is 13.2 Å². The molecule has 1 aromatic carbocycles. The summed E-state index contributed by atoms with van der Waals surface area (Å²) in [6, 6.07) is 6.47. The number of nitrogens with zero attached hydrogens (tertiary/aromatic N) is 1. The van der Waals surface area contributed by atoms with Gasteiger partial charge >= 0.3 is 6.36 Å². The van der Waals surface area contributed by atoms with E-state index in [1.54, 1.807) is 12.1 Å². The summed E-state index contributed by atoms with van der Waals surface area (Å²) >= 11 is 0. The number of ether oxygens (including phenoxy) is 1. The van der Waals surface area contributed by atoms with Gasteiger partial charge in [-0.25, -0.2) is 0 Å². The lowest BCUT2D eigenvalue weighted by Crippen LogP contribution is -2.37. The number of rotatable bonds is 6. The molecule has 1 saturated heterocycles. The molecular weight excluding hydrogens is 281 g/mol. The highest BCUT2D eigenvalue weighted by Crippen LogP contribution is 2.26. The van der Waals surface area contributed by atoms with E-state index in [0.717, 1.165) is 19.6 Å². The predicted molar refractivity (Wildman–Crippen MR) is 75.1 cm³/mol. The molecule has 0 aromatic heterocycles. The average molecular weight is 302 g/mol. The molecule has 1 aromatic rings. The molecule has 1 fully saturated rings. The van der Waals surface area contributed by atoms with Gasteiger partial charge in [0, 0.05) is 24.7 Å². The molecule has 1 atom stereocenters. The number of benzene rings is 1. The standard InChI is InChI=1S/C15H21F3N2O/c1-12(11-20-8-4-5-9-20)19-10-13-6-2-3-7-14(13)21-15(16,17)18/h2-3,6-7,12,19H,4-5,8-11H2,1H3. The smallest absolute Gasteiger partial charge is 0.405 e. The Morgan fingerprint density at radius 1 is 1.24 bits per heavy atom. The van der Waals surface area contributed by atoms with Crippen molar-refractivity contribution in [3.8, 4) is 5.75 Å². The van der Waals surface area contributed by atoms with E-state index in [0.29, 0.717) is 12.1 Å². The van der Waals surface area contributed by atoms with Crippen LogP contribution in [0.25, 0.3) is 0 Å². The first kappa shape index (κ1) is 16.1. The van der Waals surface area contributed by atoms with Crippen molar-refractivity contribution in [3.05, 3.63) is 29.8 Å². The van der Waals surface area contributed by atoms with Gasteiger partial charge in [-0.15, -0.1) is 13.2 Å². The van der Waals surface area contributed by atoms with Gasteiger partial charge in [-0.1, -0.05) is 18.2 Å². The summed E-state index contributed by atoms with van der Waals surface area (Å²) in [5.74, 6) is -0.133. The molecule has 0 spiro atoms. The van der Waals surface area contributed by atoms with Crippen LogP contribution in [-0.2, 0) is 6.54 Å². The summed E-state index contributed by atoms with van der Waals surface area (Å²) in [7, 11) is 0. The van der Waals surface area contributed by atoms with Gasteiger partial charge in [0.25, 0.3) is 0 Å². The lowest BCUT2D eigenvalue weighted by atomic mass is 10.2. The summed E-state index contributed by atoms with van der Waals surface area (Å²) < 4.78 is 41.1. The molecule has 0 aliphatic carbocycles. The molecule has 1 aliphatic rings. The van der Waals surface area contributed by atoms with Crippen LogP contribution in [0.2, 0.25) is 0 Å². The van der Waals surface area contributed by atoms with Crippen LogP contribution < -0.4 is 10.1 Å². The topological polar surface area (TPSA) is 24.5 Å². The van der Waals surface area contributed by atoms with Crippen LogP contribution in [0.15, 0.2) is 24.3 Å². The van der Waals surface area contributed by atoms with Gasteiger partial charge in [0.05, 0.1) is 0 Å². The highest BCUT2D eigenvalue weighted by Gasteiger charge is 2.31. The second kappa shape index (κ2) is 7.13. The van der Waals surface area contributed by atoms with E-state index >= 15 is 0 Å². The normalized spacial score (nSPS) is 17.9. The molecule has 3 nitrogen and oxygen atoms in total. The molecule has 1 heterocycles. The molecular formula is C15H21F3N2O. The van der Waals surface area contributed by atoms with Crippen molar-refractivity contribution in [2.75, 3.05) is 19.6 Å². The summed E-state index contributed by atoms with van der Waals surface area (Å²) in [6.07, 6.45) is -2.19. The number of hydrogen-bond acceptors (Lipinski definition) is 3. The van der Waals surface area contributed by atoms with Crippen LogP contribution in [0, 0.1) is 0 Å². The summed E-state index contributed by atoms with van der Waals surface area (Å²) in [4.78, 5) is 2.37. The van der Waals surface area contributed by atoms with Crippen LogP contribution >= 0.6 is 0 Å². The van der Waals surface area contributed by atoms with Crippen molar-refractivity contribution in [2.24, 2.45) is 0 Å². The third kappa shape index (κ3) is 5.55. The number of para-hydroxylation sites is 1. The van der Waals surface area contributed by atoms with Gasteiger partial charge in [-0.05, 0) is 38.9 Å². The molecule has 2 rings (SSSR count). The Morgan fingerprint density at radius 2 is 1.90 bits per heavy atom. The first-order chi connectivity index (χ1) is 9.94. The van der Waals surface area contributed by atoms with Gasteiger partial charge in [-0.2, -0.15) is 0 Å². The summed E-state index contributed by atoms with van der Waals surface area (Å²) in [5.41, 5.74) is 0.517. The molecule has 21 heavy (non-hydrogen) atoms. The van der Waals surface area contributed by atoms with E-state index in [1.165, 1.54) is 25.0 Å². The Morgan fingerprint density at radius 3 is 2.57 bits per heavy atom. The Balaban J connectivity index is 1.87. The van der Waals surface area contributed by atoms with E-state index < -0.39 is 6.36 Å². The maximum Gasteiger partial charge on any atom is 0.573 e. The Bertz CT molecular complexity index is 445. The first-order valence-electron chi connectivity index (χ1n) is 7.23. The zero-order chi connectivity index (χ0) is 15.3. The van der Waals surface area contributed by atoms with Crippen LogP contribution in [0.1, 0.15) is 25.3 Å². The largest absolute Gasteiger partial charge is 0.573 e. The minimum absolute atomic E-state index is 0.133. The molecule has 1 aliphatic heterocycles. The third-order valence-electron chi connectivity index (χ3n) is 3.57. The Hall–Kier alpha value is -1.27. The fourth-order valence-electron chi connectivity index (χ4n) is 2.58. The van der Waals surface area contributed by atoms with Crippen molar-refractivity contribution < 1.29 is 17.9 Å². The number of halogens is 3. The fraction of sp³-hybridized carbons (Fsp3) is 0.600. The number of likely N-dealkylation sites (tertiary alicyclic amines) is 1. The zero-order valence-corrected chi connectivity index (χ0v) is 12.1. The van der Waals surface area contributed by atoms with E-state index in [-0.39, 0.29) is 11.8 Å². The van der Waals surface area contributed by atoms with Crippen LogP contribution in [-0.4, -0.2) is 36.9 Å². The van der Waals surface area contributed by atoms with Crippen LogP contribution in [0.3, 0.4) is 0 Å². The Kier molecular flexibility index (Phi) is 5.47. The first-order valence-corrected chi connectivity index (χ1v) is 7.23. The Labute approximate surface area is 123 Å². The monoisotopic (exact) mass is 302 g/mol. The maximum atomic E-state index is 12.3. The molecule has 0 radical (unpaired) electrons. The predicted octanol–water partition coefficient (Wildman–Crippen LogP) is 3.16. The number of nitrogens with one attached hydrogen (secondary N) is 1. The van der Waals surface area contributed by atoms with Gasteiger partial charge in [0.15, 0.2) is 0 Å². The fourth-order valence-corrected chi connectivity index (χ4v) is 2.58. The van der Waals surface area contributed by atoms with Gasteiger partial charge in [0.2, 0.25) is 0 Å². The van der Waals surface area contributed by atoms with Gasteiger partial charge in [0.1, 0.15) is 5.75 Å². The summed E-state index contributed by atoms with van der Waals surface area (Å²) in [6.45, 7) is 5.55. The van der Waals surface area contributed by atoms with Crippen molar-refractivity contribution in [1.29, 1.82) is 0 Å². The molecule has 0 saturated carbocycles. The average Bonchev–Trinajstić information content (AvgIpc) is 2.89. The van der Waals surface area contributed by atoms with Crippen molar-refractivity contribution in [3.63, 3.8) is 0 Å². The highest BCUT2D eigenvalue weighted by atomic mass is 19.4. The number of alkyl halides is 3. The second-order valence-corrected chi connectivity index (χ2v) is 5.45. The zero-order valence-electron chi connectivity index (χ0n) is 12.1. The van der Waals surface area contributed by atoms with Crippen molar-refractivity contribution in [1.82, 2.24) is 10.2 Å². The minimum atomic E-state index is -4.66. The quantitative estimate of drug-likeness (QED) is 0.873. The maximum absolute atomic E-state index is 12.3. The molecule has 0 bridgehead atoms. The lowest BCUT2D eigenvalue weighted by molar-refractivity contribution is -0.274. The minimum Gasteiger partial charge on any atom is -0.405 e. The van der Waals surface area contributed by atoms with Gasteiger partial charge in [-0.3, -0.25) is 0 Å². The van der Waals surface area contributed by atoms with Crippen molar-refractivity contribution >= 4 is 0 Å². The third-order valence-corrected chi connectivity index (χ3v) is 3.57. The molecule has 0 amide bonds. The molecule has 118 valence electrons. The lowest BCUT2D eigenvalue weighted by Gasteiger charge is -2.22. The van der Waals surface area contributed by atoms with Crippen molar-refractivity contribution in [2.45, 2.75) is 38.7 Å². The van der Waals surface area contributed by atoms with Crippen LogP contribution in [0.4, 0.5) is 13.2 Å². The van der Waals surface area contributed by atoms with E-state index in [1.807, 2.05) is 6.92 Å². The summed E-state index contributed by atoms with van der Waals surface area (Å²) in [5, 5.41) is 3.26. The van der Waals surface area contributed by atoms with E-state index in [2.05, 4.69) is 15.0 Å². The van der Waals surface area contributed by atoms with E-state index in [4.69, 9.17) is 0 Å². The second-order valence-electron chi connectivity index (χ2n) is 5.45.